The number of nitrogens with one attached hydrogen (secondary N) is 1. The predicted octanol–water partition coefficient (Wildman–Crippen LogP) is 4.48. The lowest BCUT2D eigenvalue weighted by Gasteiger charge is -2.07. The van der Waals surface area contributed by atoms with Gasteiger partial charge in [-0.2, -0.15) is 0 Å². The van der Waals surface area contributed by atoms with Crippen molar-refractivity contribution in [3.8, 4) is 23.0 Å². The van der Waals surface area contributed by atoms with Crippen LogP contribution in [0.25, 0.3) is 22.4 Å². The van der Waals surface area contributed by atoms with E-state index in [1.165, 1.54) is 10.9 Å². The highest BCUT2D eigenvalue weighted by Crippen LogP contribution is 2.22. The van der Waals surface area contributed by atoms with Gasteiger partial charge in [0, 0.05) is 10.5 Å². The summed E-state index contributed by atoms with van der Waals surface area (Å²) in [5, 5.41) is 10.9. The van der Waals surface area contributed by atoms with E-state index in [9.17, 15) is 4.79 Å². The normalized spacial score (nSPS) is 10.8. The molecule has 10 heteroatoms. The fraction of sp³-hybridized carbons (Fsp3) is 0.0435. The monoisotopic (exact) mass is 501 g/mol. The third kappa shape index (κ3) is 5.01. The molecule has 5 aromatic rings. The van der Waals surface area contributed by atoms with Gasteiger partial charge in [0.25, 0.3) is 0 Å². The van der Waals surface area contributed by atoms with Crippen molar-refractivity contribution in [1.82, 2.24) is 29.9 Å². The van der Waals surface area contributed by atoms with Crippen molar-refractivity contribution in [3.63, 3.8) is 0 Å². The van der Waals surface area contributed by atoms with Crippen molar-refractivity contribution in [3.05, 3.63) is 83.7 Å². The molecule has 0 unspecified atom stereocenters. The summed E-state index contributed by atoms with van der Waals surface area (Å²) in [4.78, 5) is 25.6. The van der Waals surface area contributed by atoms with E-state index in [-0.39, 0.29) is 12.5 Å². The first-order valence-electron chi connectivity index (χ1n) is 9.94. The number of carbonyl (C=O) groups excluding carboxylic acids is 1. The largest absolute Gasteiger partial charge is 0.439 e. The number of anilines is 1. The molecular formula is C23H16BrN7O2. The molecule has 5 rings (SSSR count). The van der Waals surface area contributed by atoms with Gasteiger partial charge in [-0.3, -0.25) is 9.78 Å². The molecule has 3 heterocycles. The second-order valence-electron chi connectivity index (χ2n) is 7.03. The van der Waals surface area contributed by atoms with Crippen LogP contribution in [0.1, 0.15) is 0 Å². The average Bonchev–Trinajstić information content (AvgIpc) is 3.30. The van der Waals surface area contributed by atoms with Crippen LogP contribution in [0.3, 0.4) is 0 Å². The highest BCUT2D eigenvalue weighted by atomic mass is 79.9. The zero-order chi connectivity index (χ0) is 22.6. The Morgan fingerprint density at radius 1 is 0.939 bits per heavy atom. The van der Waals surface area contributed by atoms with Gasteiger partial charge < -0.3 is 10.1 Å². The molecule has 0 aliphatic heterocycles. The Labute approximate surface area is 196 Å². The van der Waals surface area contributed by atoms with Crippen LogP contribution >= 0.6 is 15.9 Å². The lowest BCUT2D eigenvalue weighted by atomic mass is 10.3. The molecule has 0 aliphatic carbocycles. The maximum atomic E-state index is 12.4. The Kier molecular flexibility index (Phi) is 5.73. The van der Waals surface area contributed by atoms with Gasteiger partial charge in [0.1, 0.15) is 23.7 Å². The molecule has 162 valence electrons. The van der Waals surface area contributed by atoms with Crippen molar-refractivity contribution >= 4 is 38.6 Å². The number of nitrogens with zero attached hydrogens (tertiary/aromatic N) is 6. The number of ether oxygens (including phenoxy) is 1. The second-order valence-corrected chi connectivity index (χ2v) is 7.95. The van der Waals surface area contributed by atoms with Crippen LogP contribution in [-0.4, -0.2) is 35.9 Å². The smallest absolute Gasteiger partial charge is 0.246 e. The van der Waals surface area contributed by atoms with Gasteiger partial charge in [-0.1, -0.05) is 33.3 Å². The quantitative estimate of drug-likeness (QED) is 0.365. The summed E-state index contributed by atoms with van der Waals surface area (Å²) in [5.74, 6) is 0.827. The third-order valence-corrected chi connectivity index (χ3v) is 5.14. The first kappa shape index (κ1) is 20.7. The summed E-state index contributed by atoms with van der Waals surface area (Å²) in [6.07, 6.45) is 4.83. The van der Waals surface area contributed by atoms with Gasteiger partial charge in [0.05, 0.1) is 35.3 Å². The number of carbonyl (C=O) groups is 1. The highest BCUT2D eigenvalue weighted by Gasteiger charge is 2.10. The Balaban J connectivity index is 1.20. The fourth-order valence-electron chi connectivity index (χ4n) is 3.06. The first-order chi connectivity index (χ1) is 16.1. The highest BCUT2D eigenvalue weighted by molar-refractivity contribution is 9.10. The average molecular weight is 502 g/mol. The van der Waals surface area contributed by atoms with E-state index in [1.54, 1.807) is 24.5 Å². The molecular weight excluding hydrogens is 486 g/mol. The number of halogens is 1. The lowest BCUT2D eigenvalue weighted by Crippen LogP contribution is -2.19. The SMILES string of the molecule is O=C(Cn1cc(-c2cnc3ccccc3n2)nn1)Nc1ccc(Oc2ccc(Br)cc2)nc1. The van der Waals surface area contributed by atoms with E-state index in [2.05, 4.69) is 46.5 Å². The lowest BCUT2D eigenvalue weighted by molar-refractivity contribution is -0.116. The fourth-order valence-corrected chi connectivity index (χ4v) is 3.32. The molecule has 0 radical (unpaired) electrons. The van der Waals surface area contributed by atoms with Crippen LogP contribution in [-0.2, 0) is 11.3 Å². The van der Waals surface area contributed by atoms with E-state index in [1.807, 2.05) is 48.5 Å². The van der Waals surface area contributed by atoms with E-state index in [4.69, 9.17) is 4.74 Å². The summed E-state index contributed by atoms with van der Waals surface area (Å²) in [7, 11) is 0. The maximum Gasteiger partial charge on any atom is 0.246 e. The summed E-state index contributed by atoms with van der Waals surface area (Å²) in [6.45, 7) is -0.00878. The Hall–Kier alpha value is -4.18. The van der Waals surface area contributed by atoms with Gasteiger partial charge in [0.2, 0.25) is 11.8 Å². The Bertz CT molecular complexity index is 1420. The molecule has 0 saturated carbocycles. The molecule has 1 amide bonds. The summed E-state index contributed by atoms with van der Waals surface area (Å²) in [6, 6.07) is 18.4. The van der Waals surface area contributed by atoms with Crippen LogP contribution in [0.5, 0.6) is 11.6 Å². The number of hydrogen-bond acceptors (Lipinski definition) is 7. The summed E-state index contributed by atoms with van der Waals surface area (Å²) < 4.78 is 8.09. The maximum absolute atomic E-state index is 12.4. The Morgan fingerprint density at radius 2 is 1.76 bits per heavy atom. The minimum Gasteiger partial charge on any atom is -0.439 e. The number of aromatic nitrogens is 6. The van der Waals surface area contributed by atoms with E-state index in [0.29, 0.717) is 28.7 Å². The topological polar surface area (TPSA) is 108 Å². The van der Waals surface area contributed by atoms with Crippen molar-refractivity contribution in [2.75, 3.05) is 5.32 Å². The van der Waals surface area contributed by atoms with Crippen molar-refractivity contribution in [2.45, 2.75) is 6.54 Å². The Morgan fingerprint density at radius 3 is 2.55 bits per heavy atom. The summed E-state index contributed by atoms with van der Waals surface area (Å²) in [5.41, 5.74) is 3.24. The van der Waals surface area contributed by atoms with Crippen molar-refractivity contribution in [1.29, 1.82) is 0 Å². The number of benzene rings is 2. The predicted molar refractivity (Wildman–Crippen MR) is 126 cm³/mol. The molecule has 0 spiro atoms. The van der Waals surface area contributed by atoms with Crippen molar-refractivity contribution in [2.24, 2.45) is 0 Å². The van der Waals surface area contributed by atoms with Crippen LogP contribution in [0.15, 0.2) is 83.7 Å². The van der Waals surface area contributed by atoms with Crippen LogP contribution in [0, 0.1) is 0 Å². The first-order valence-corrected chi connectivity index (χ1v) is 10.7. The molecule has 33 heavy (non-hydrogen) atoms. The molecule has 0 saturated heterocycles. The molecule has 0 bridgehead atoms. The zero-order valence-corrected chi connectivity index (χ0v) is 18.7. The van der Waals surface area contributed by atoms with E-state index in [0.717, 1.165) is 15.5 Å². The zero-order valence-electron chi connectivity index (χ0n) is 17.1. The number of pyridine rings is 1. The van der Waals surface area contributed by atoms with E-state index >= 15 is 0 Å². The molecule has 0 fully saturated rings. The number of para-hydroxylation sites is 2. The van der Waals surface area contributed by atoms with Gasteiger partial charge in [-0.15, -0.1) is 5.10 Å². The molecule has 2 aromatic carbocycles. The number of amides is 1. The minimum atomic E-state index is -0.264. The molecule has 1 N–H and O–H groups in total. The van der Waals surface area contributed by atoms with Crippen molar-refractivity contribution < 1.29 is 9.53 Å². The minimum absolute atomic E-state index is 0.00878. The number of rotatable bonds is 6. The van der Waals surface area contributed by atoms with Crippen LogP contribution in [0.4, 0.5) is 5.69 Å². The van der Waals surface area contributed by atoms with Crippen LogP contribution in [0.2, 0.25) is 0 Å². The van der Waals surface area contributed by atoms with Crippen LogP contribution < -0.4 is 10.1 Å². The van der Waals surface area contributed by atoms with Gasteiger partial charge in [-0.05, 0) is 42.5 Å². The summed E-state index contributed by atoms with van der Waals surface area (Å²) >= 11 is 3.38. The van der Waals surface area contributed by atoms with Gasteiger partial charge in [0.15, 0.2) is 0 Å². The van der Waals surface area contributed by atoms with Gasteiger partial charge >= 0.3 is 0 Å². The molecule has 0 atom stereocenters. The molecule has 0 aliphatic rings. The molecule has 9 nitrogen and oxygen atoms in total. The second kappa shape index (κ2) is 9.13. The number of fused-ring (bicyclic) bond motifs is 1. The van der Waals surface area contributed by atoms with E-state index < -0.39 is 0 Å². The third-order valence-electron chi connectivity index (χ3n) is 4.61. The standard InChI is InChI=1S/C23H16BrN7O2/c24-15-5-8-17(9-6-15)33-23-10-7-16(11-26-23)27-22(32)14-31-13-21(29-30-31)20-12-25-18-3-1-2-4-19(18)28-20/h1-13H,14H2,(H,27,32). The molecule has 3 aromatic heterocycles. The van der Waals surface area contributed by atoms with Gasteiger partial charge in [-0.25, -0.2) is 14.6 Å². The number of hydrogen-bond donors (Lipinski definition) is 1.